The molecule has 0 aliphatic heterocycles. The van der Waals surface area contributed by atoms with E-state index in [2.05, 4.69) is 4.98 Å². The van der Waals surface area contributed by atoms with E-state index in [1.165, 1.54) is 4.57 Å². The summed E-state index contributed by atoms with van der Waals surface area (Å²) >= 11 is 0. The molecule has 0 atom stereocenters. The van der Waals surface area contributed by atoms with Gasteiger partial charge in [-0.15, -0.1) is 0 Å². The molecule has 0 aliphatic rings. The fourth-order valence-electron chi connectivity index (χ4n) is 1.98. The summed E-state index contributed by atoms with van der Waals surface area (Å²) in [6.45, 7) is 6.33. The second-order valence-corrected chi connectivity index (χ2v) is 5.79. The van der Waals surface area contributed by atoms with Crippen LogP contribution in [0.5, 0.6) is 5.75 Å². The van der Waals surface area contributed by atoms with Crippen LogP contribution in [0.3, 0.4) is 0 Å². The van der Waals surface area contributed by atoms with Crippen molar-refractivity contribution in [1.29, 1.82) is 0 Å². The number of nitrogens with zero attached hydrogens (tertiary/aromatic N) is 1. The van der Waals surface area contributed by atoms with Gasteiger partial charge in [-0.2, -0.15) is 0 Å². The smallest absolute Gasteiger partial charge is 0.328 e. The summed E-state index contributed by atoms with van der Waals surface area (Å²) in [6, 6.07) is 5.04. The van der Waals surface area contributed by atoms with Crippen molar-refractivity contribution in [1.82, 2.24) is 9.55 Å². The normalized spacial score (nSPS) is 11.8. The average Bonchev–Trinajstić information content (AvgIpc) is 2.32. The van der Waals surface area contributed by atoms with Crippen LogP contribution in [-0.4, -0.2) is 16.7 Å². The summed E-state index contributed by atoms with van der Waals surface area (Å²) in [5, 5.41) is 0.490. The van der Waals surface area contributed by atoms with Crippen LogP contribution in [0.2, 0.25) is 0 Å². The van der Waals surface area contributed by atoms with E-state index in [1.54, 1.807) is 25.3 Å². The largest absolute Gasteiger partial charge is 0.497 e. The molecule has 1 aromatic carbocycles. The summed E-state index contributed by atoms with van der Waals surface area (Å²) < 4.78 is 6.33. The standard InChI is InChI=1S/C14H18N2O3/c1-14(2,3)8-16-12(17)10-6-5-9(19-4)7-11(10)15-13(16)18/h5-7H,8H2,1-4H3,(H,15,18). The summed E-state index contributed by atoms with van der Waals surface area (Å²) in [4.78, 5) is 27.1. The number of methoxy groups -OCH3 is 1. The highest BCUT2D eigenvalue weighted by atomic mass is 16.5. The third-order valence-corrected chi connectivity index (χ3v) is 2.82. The summed E-state index contributed by atoms with van der Waals surface area (Å²) in [5.74, 6) is 0.608. The van der Waals surface area contributed by atoms with Crippen molar-refractivity contribution in [3.63, 3.8) is 0 Å². The molecule has 0 saturated carbocycles. The molecule has 0 saturated heterocycles. The topological polar surface area (TPSA) is 64.1 Å². The van der Waals surface area contributed by atoms with Crippen molar-refractivity contribution in [3.05, 3.63) is 39.0 Å². The summed E-state index contributed by atoms with van der Waals surface area (Å²) in [5.41, 5.74) is -0.298. The van der Waals surface area contributed by atoms with E-state index < -0.39 is 0 Å². The van der Waals surface area contributed by atoms with Gasteiger partial charge in [-0.3, -0.25) is 9.36 Å². The van der Waals surface area contributed by atoms with E-state index >= 15 is 0 Å². The molecule has 19 heavy (non-hydrogen) atoms. The molecule has 0 fully saturated rings. The van der Waals surface area contributed by atoms with Gasteiger partial charge in [-0.05, 0) is 17.5 Å². The highest BCUT2D eigenvalue weighted by molar-refractivity contribution is 5.78. The molecule has 0 amide bonds. The number of nitrogens with one attached hydrogen (secondary N) is 1. The van der Waals surface area contributed by atoms with Crippen molar-refractivity contribution in [3.8, 4) is 5.75 Å². The first-order chi connectivity index (χ1) is 8.81. The van der Waals surface area contributed by atoms with Gasteiger partial charge >= 0.3 is 5.69 Å². The number of hydrogen-bond donors (Lipinski definition) is 1. The zero-order chi connectivity index (χ0) is 14.2. The van der Waals surface area contributed by atoms with Gasteiger partial charge in [-0.25, -0.2) is 4.79 Å². The predicted molar refractivity (Wildman–Crippen MR) is 74.8 cm³/mol. The molecule has 1 aromatic heterocycles. The van der Waals surface area contributed by atoms with Crippen LogP contribution >= 0.6 is 0 Å². The van der Waals surface area contributed by atoms with Crippen molar-refractivity contribution in [2.45, 2.75) is 27.3 Å². The fourth-order valence-corrected chi connectivity index (χ4v) is 1.98. The van der Waals surface area contributed by atoms with Crippen LogP contribution in [0.25, 0.3) is 10.9 Å². The number of hydrogen-bond acceptors (Lipinski definition) is 3. The second kappa shape index (κ2) is 4.57. The monoisotopic (exact) mass is 262 g/mol. The van der Waals surface area contributed by atoms with Gasteiger partial charge < -0.3 is 9.72 Å². The van der Waals surface area contributed by atoms with Crippen LogP contribution in [0.4, 0.5) is 0 Å². The van der Waals surface area contributed by atoms with E-state index in [4.69, 9.17) is 4.74 Å². The lowest BCUT2D eigenvalue weighted by atomic mass is 9.97. The lowest BCUT2D eigenvalue weighted by molar-refractivity contribution is 0.332. The molecule has 2 aromatic rings. The Hall–Kier alpha value is -2.04. The quantitative estimate of drug-likeness (QED) is 0.896. The van der Waals surface area contributed by atoms with Crippen molar-refractivity contribution >= 4 is 10.9 Å². The van der Waals surface area contributed by atoms with Gasteiger partial charge in [-0.1, -0.05) is 20.8 Å². The molecule has 0 radical (unpaired) electrons. The third kappa shape index (κ3) is 2.70. The summed E-state index contributed by atoms with van der Waals surface area (Å²) in [7, 11) is 1.54. The Kier molecular flexibility index (Phi) is 3.22. The Morgan fingerprint density at radius 3 is 2.53 bits per heavy atom. The molecule has 0 aliphatic carbocycles. The van der Waals surface area contributed by atoms with Crippen molar-refractivity contribution in [2.75, 3.05) is 7.11 Å². The van der Waals surface area contributed by atoms with Crippen LogP contribution in [0.1, 0.15) is 20.8 Å². The van der Waals surface area contributed by atoms with Crippen LogP contribution in [0.15, 0.2) is 27.8 Å². The summed E-state index contributed by atoms with van der Waals surface area (Å²) in [6.07, 6.45) is 0. The van der Waals surface area contributed by atoms with E-state index in [1.807, 2.05) is 20.8 Å². The number of rotatable bonds is 2. The van der Waals surface area contributed by atoms with E-state index in [9.17, 15) is 9.59 Å². The number of aromatic amines is 1. The Morgan fingerprint density at radius 1 is 1.26 bits per heavy atom. The molecule has 2 rings (SSSR count). The minimum atomic E-state index is -0.388. The van der Waals surface area contributed by atoms with E-state index in [-0.39, 0.29) is 16.7 Å². The minimum Gasteiger partial charge on any atom is -0.497 e. The zero-order valence-corrected chi connectivity index (χ0v) is 11.6. The van der Waals surface area contributed by atoms with E-state index in [0.717, 1.165) is 0 Å². The SMILES string of the molecule is COc1ccc2c(=O)n(CC(C)(C)C)c(=O)[nH]c2c1. The first-order valence-electron chi connectivity index (χ1n) is 6.13. The van der Waals surface area contributed by atoms with Crippen LogP contribution in [-0.2, 0) is 6.54 Å². The van der Waals surface area contributed by atoms with Crippen LogP contribution in [0, 0.1) is 5.41 Å². The fraction of sp³-hybridized carbons (Fsp3) is 0.429. The molecule has 102 valence electrons. The zero-order valence-electron chi connectivity index (χ0n) is 11.6. The number of ether oxygens (including phenoxy) is 1. The Labute approximate surface area is 110 Å². The van der Waals surface area contributed by atoms with E-state index in [0.29, 0.717) is 23.2 Å². The Bertz CT molecular complexity index is 720. The lowest BCUT2D eigenvalue weighted by Gasteiger charge is -2.19. The molecule has 5 heteroatoms. The highest BCUT2D eigenvalue weighted by Gasteiger charge is 2.16. The first kappa shape index (κ1) is 13.4. The number of H-pyrrole nitrogens is 1. The number of aromatic nitrogens is 2. The molecule has 0 spiro atoms. The molecule has 1 heterocycles. The van der Waals surface area contributed by atoms with Gasteiger partial charge in [0.1, 0.15) is 5.75 Å². The number of fused-ring (bicyclic) bond motifs is 1. The first-order valence-corrected chi connectivity index (χ1v) is 6.13. The second-order valence-electron chi connectivity index (χ2n) is 5.79. The molecule has 5 nitrogen and oxygen atoms in total. The molecule has 0 bridgehead atoms. The highest BCUT2D eigenvalue weighted by Crippen LogP contribution is 2.17. The lowest BCUT2D eigenvalue weighted by Crippen LogP contribution is -2.38. The van der Waals surface area contributed by atoms with Gasteiger partial charge in [0.25, 0.3) is 5.56 Å². The predicted octanol–water partition coefficient (Wildman–Crippen LogP) is 1.74. The number of benzene rings is 1. The van der Waals surface area contributed by atoms with Crippen molar-refractivity contribution < 1.29 is 4.74 Å². The molecule has 1 N–H and O–H groups in total. The maximum atomic E-state index is 12.3. The average molecular weight is 262 g/mol. The maximum absolute atomic E-state index is 12.3. The minimum absolute atomic E-state index is 0.142. The Balaban J connectivity index is 2.70. The van der Waals surface area contributed by atoms with Crippen LogP contribution < -0.4 is 16.0 Å². The van der Waals surface area contributed by atoms with Gasteiger partial charge in [0.2, 0.25) is 0 Å². The molecular weight excluding hydrogens is 244 g/mol. The maximum Gasteiger partial charge on any atom is 0.328 e. The molecular formula is C14H18N2O3. The Morgan fingerprint density at radius 2 is 1.95 bits per heavy atom. The third-order valence-electron chi connectivity index (χ3n) is 2.82. The van der Waals surface area contributed by atoms with Crippen molar-refractivity contribution in [2.24, 2.45) is 5.41 Å². The van der Waals surface area contributed by atoms with Gasteiger partial charge in [0, 0.05) is 12.6 Å². The van der Waals surface area contributed by atoms with Gasteiger partial charge in [0.05, 0.1) is 18.0 Å². The molecule has 0 unspecified atom stereocenters. The van der Waals surface area contributed by atoms with Gasteiger partial charge in [0.15, 0.2) is 0 Å².